The minimum Gasteiger partial charge on any atom is -0.491 e. The zero-order chi connectivity index (χ0) is 14.6. The average Bonchev–Trinajstić information content (AvgIpc) is 2.25. The number of alkyl halides is 2. The largest absolute Gasteiger partial charge is 0.491 e. The monoisotopic (exact) mass is 335 g/mol. The van der Waals surface area contributed by atoms with Gasteiger partial charge in [0.2, 0.25) is 0 Å². The number of nitrogens with zero attached hydrogens (tertiary/aromatic N) is 1. The topological polar surface area (TPSA) is 22.1 Å². The molecule has 0 radical (unpaired) electrons. The second-order valence-corrected chi connectivity index (χ2v) is 6.68. The zero-order valence-electron chi connectivity index (χ0n) is 11.7. The highest BCUT2D eigenvalue weighted by molar-refractivity contribution is 9.10. The molecule has 0 fully saturated rings. The first kappa shape index (κ1) is 16.3. The minimum absolute atomic E-state index is 0.0549. The van der Waals surface area contributed by atoms with E-state index in [2.05, 4.69) is 48.6 Å². The average molecular weight is 336 g/mol. The van der Waals surface area contributed by atoms with Gasteiger partial charge in [0.25, 0.3) is 6.43 Å². The van der Waals surface area contributed by atoms with Gasteiger partial charge in [-0.15, -0.1) is 0 Å². The van der Waals surface area contributed by atoms with Crippen LogP contribution in [0.5, 0.6) is 5.75 Å². The van der Waals surface area contributed by atoms with E-state index in [-0.39, 0.29) is 16.9 Å². The van der Waals surface area contributed by atoms with Crippen molar-refractivity contribution in [3.8, 4) is 5.75 Å². The van der Waals surface area contributed by atoms with Gasteiger partial charge in [-0.1, -0.05) is 27.7 Å². The first-order valence-electron chi connectivity index (χ1n) is 6.28. The van der Waals surface area contributed by atoms with Gasteiger partial charge in [0.05, 0.1) is 6.61 Å². The van der Waals surface area contributed by atoms with Gasteiger partial charge in [0.15, 0.2) is 0 Å². The van der Waals surface area contributed by atoms with Crippen LogP contribution in [0, 0.1) is 11.3 Å². The first-order valence-corrected chi connectivity index (χ1v) is 7.08. The molecular formula is C14H20BrF2NO. The molecule has 5 heteroatoms. The van der Waals surface area contributed by atoms with Crippen LogP contribution in [-0.4, -0.2) is 11.6 Å². The molecule has 0 aromatic carbocycles. The Hall–Kier alpha value is -0.710. The van der Waals surface area contributed by atoms with E-state index in [0.29, 0.717) is 17.1 Å². The van der Waals surface area contributed by atoms with Gasteiger partial charge in [0.1, 0.15) is 16.0 Å². The zero-order valence-corrected chi connectivity index (χ0v) is 13.3. The second-order valence-electron chi connectivity index (χ2n) is 5.87. The molecule has 2 nitrogen and oxygen atoms in total. The normalized spacial score (nSPS) is 12.3. The number of pyridine rings is 1. The van der Waals surface area contributed by atoms with Crippen molar-refractivity contribution < 1.29 is 13.5 Å². The highest BCUT2D eigenvalue weighted by Crippen LogP contribution is 2.31. The molecule has 108 valence electrons. The standard InChI is InChI=1S/C14H20BrF2NO/c1-9(2)7-14(3,4)8-19-10-5-6-11(15)18-12(10)13(16)17/h5-6,9,13H,7-8H2,1-4H3. The molecule has 0 saturated carbocycles. The van der Waals surface area contributed by atoms with E-state index in [1.165, 1.54) is 6.07 Å². The van der Waals surface area contributed by atoms with Crippen molar-refractivity contribution in [3.63, 3.8) is 0 Å². The summed E-state index contributed by atoms with van der Waals surface area (Å²) in [6.07, 6.45) is -1.67. The Morgan fingerprint density at radius 1 is 1.32 bits per heavy atom. The lowest BCUT2D eigenvalue weighted by atomic mass is 9.85. The Morgan fingerprint density at radius 2 is 1.95 bits per heavy atom. The van der Waals surface area contributed by atoms with Crippen molar-refractivity contribution in [3.05, 3.63) is 22.4 Å². The van der Waals surface area contributed by atoms with Gasteiger partial charge in [-0.3, -0.25) is 0 Å². The highest BCUT2D eigenvalue weighted by atomic mass is 79.9. The van der Waals surface area contributed by atoms with Crippen molar-refractivity contribution in [2.75, 3.05) is 6.61 Å². The summed E-state index contributed by atoms with van der Waals surface area (Å²) in [6.45, 7) is 8.80. The second kappa shape index (κ2) is 6.64. The van der Waals surface area contributed by atoms with Gasteiger partial charge in [-0.2, -0.15) is 0 Å². The summed E-state index contributed by atoms with van der Waals surface area (Å²) in [5, 5.41) is 0. The fourth-order valence-electron chi connectivity index (χ4n) is 2.15. The molecule has 0 bridgehead atoms. The molecule has 1 heterocycles. The first-order chi connectivity index (χ1) is 8.71. The minimum atomic E-state index is -2.64. The van der Waals surface area contributed by atoms with Gasteiger partial charge >= 0.3 is 0 Å². The molecule has 0 aliphatic rings. The van der Waals surface area contributed by atoms with Crippen molar-refractivity contribution in [2.45, 2.75) is 40.5 Å². The van der Waals surface area contributed by atoms with Crippen LogP contribution < -0.4 is 4.74 Å². The van der Waals surface area contributed by atoms with E-state index in [4.69, 9.17) is 4.74 Å². The van der Waals surface area contributed by atoms with Crippen LogP contribution in [0.1, 0.15) is 46.2 Å². The SMILES string of the molecule is CC(C)CC(C)(C)COc1ccc(Br)nc1C(F)F. The Kier molecular flexibility index (Phi) is 5.71. The van der Waals surface area contributed by atoms with Crippen molar-refractivity contribution >= 4 is 15.9 Å². The summed E-state index contributed by atoms with van der Waals surface area (Å²) in [5.74, 6) is 0.700. The summed E-state index contributed by atoms with van der Waals surface area (Å²) < 4.78 is 31.7. The van der Waals surface area contributed by atoms with Crippen LogP contribution >= 0.6 is 15.9 Å². The van der Waals surface area contributed by atoms with Crippen LogP contribution in [-0.2, 0) is 0 Å². The van der Waals surface area contributed by atoms with Crippen molar-refractivity contribution in [2.24, 2.45) is 11.3 Å². The fraction of sp³-hybridized carbons (Fsp3) is 0.643. The Morgan fingerprint density at radius 3 is 2.47 bits per heavy atom. The maximum atomic E-state index is 12.9. The Labute approximate surface area is 121 Å². The third-order valence-corrected chi connectivity index (χ3v) is 3.08. The van der Waals surface area contributed by atoms with Crippen LogP contribution in [0.3, 0.4) is 0 Å². The molecule has 0 N–H and O–H groups in total. The third-order valence-electron chi connectivity index (χ3n) is 2.64. The number of rotatable bonds is 6. The number of hydrogen-bond acceptors (Lipinski definition) is 2. The van der Waals surface area contributed by atoms with E-state index in [0.717, 1.165) is 6.42 Å². The van der Waals surface area contributed by atoms with Gasteiger partial charge in [0, 0.05) is 0 Å². The van der Waals surface area contributed by atoms with Crippen LogP contribution in [0.25, 0.3) is 0 Å². The molecule has 0 aliphatic carbocycles. The molecule has 0 unspecified atom stereocenters. The molecule has 0 atom stereocenters. The molecule has 0 amide bonds. The van der Waals surface area contributed by atoms with Gasteiger partial charge < -0.3 is 4.74 Å². The van der Waals surface area contributed by atoms with E-state index < -0.39 is 6.43 Å². The number of halogens is 3. The molecule has 0 spiro atoms. The summed E-state index contributed by atoms with van der Waals surface area (Å²) in [7, 11) is 0. The molecule has 19 heavy (non-hydrogen) atoms. The lowest BCUT2D eigenvalue weighted by molar-refractivity contribution is 0.123. The molecular weight excluding hydrogens is 316 g/mol. The molecule has 1 aromatic rings. The van der Waals surface area contributed by atoms with Gasteiger partial charge in [-0.05, 0) is 45.8 Å². The van der Waals surface area contributed by atoms with Crippen LogP contribution in [0.15, 0.2) is 16.7 Å². The highest BCUT2D eigenvalue weighted by Gasteiger charge is 2.23. The molecule has 1 rings (SSSR count). The smallest absolute Gasteiger partial charge is 0.284 e. The Balaban J connectivity index is 2.77. The predicted octanol–water partition coefficient (Wildman–Crippen LogP) is 5.23. The lowest BCUT2D eigenvalue weighted by Crippen LogP contribution is -2.23. The van der Waals surface area contributed by atoms with Gasteiger partial charge in [-0.25, -0.2) is 13.8 Å². The van der Waals surface area contributed by atoms with E-state index in [1.807, 2.05) is 0 Å². The quantitative estimate of drug-likeness (QED) is 0.664. The maximum absolute atomic E-state index is 12.9. The van der Waals surface area contributed by atoms with E-state index in [1.54, 1.807) is 6.07 Å². The van der Waals surface area contributed by atoms with E-state index in [9.17, 15) is 8.78 Å². The number of hydrogen-bond donors (Lipinski definition) is 0. The number of ether oxygens (including phenoxy) is 1. The summed E-state index contributed by atoms with van der Waals surface area (Å²) in [5.41, 5.74) is -0.365. The molecule has 0 saturated heterocycles. The van der Waals surface area contributed by atoms with E-state index >= 15 is 0 Å². The van der Waals surface area contributed by atoms with Crippen molar-refractivity contribution in [1.29, 1.82) is 0 Å². The Bertz CT molecular complexity index is 422. The summed E-state index contributed by atoms with van der Waals surface area (Å²) in [6, 6.07) is 3.14. The van der Waals surface area contributed by atoms with Crippen molar-refractivity contribution in [1.82, 2.24) is 4.98 Å². The molecule has 1 aromatic heterocycles. The summed E-state index contributed by atoms with van der Waals surface area (Å²) >= 11 is 3.09. The fourth-order valence-corrected chi connectivity index (χ4v) is 2.48. The lowest BCUT2D eigenvalue weighted by Gasteiger charge is -2.27. The van der Waals surface area contributed by atoms with Crippen LogP contribution in [0.2, 0.25) is 0 Å². The third kappa shape index (κ3) is 5.43. The number of aromatic nitrogens is 1. The maximum Gasteiger partial charge on any atom is 0.284 e. The van der Waals surface area contributed by atoms with Crippen LogP contribution in [0.4, 0.5) is 8.78 Å². The predicted molar refractivity (Wildman–Crippen MR) is 75.6 cm³/mol. The molecule has 0 aliphatic heterocycles. The summed E-state index contributed by atoms with van der Waals surface area (Å²) in [4.78, 5) is 3.78.